The zero-order valence-corrected chi connectivity index (χ0v) is 14.9. The molecule has 4 heterocycles. The molecule has 7 nitrogen and oxygen atoms in total. The molecule has 0 spiro atoms. The third-order valence-corrected chi connectivity index (χ3v) is 5.21. The normalized spacial score (nSPS) is 19.3. The van der Waals surface area contributed by atoms with E-state index in [1.807, 2.05) is 30.3 Å². The number of aromatic amines is 1. The molecule has 1 unspecified atom stereocenters. The largest absolute Gasteiger partial charge is 0.445 e. The van der Waals surface area contributed by atoms with Crippen LogP contribution in [0, 0.1) is 0 Å². The van der Waals surface area contributed by atoms with Gasteiger partial charge in [-0.1, -0.05) is 30.3 Å². The van der Waals surface area contributed by atoms with Crippen molar-refractivity contribution in [1.82, 2.24) is 19.9 Å². The van der Waals surface area contributed by atoms with Gasteiger partial charge in [0.15, 0.2) is 5.89 Å². The molecule has 2 aliphatic rings. The SMILES string of the molecule is O=C(c1[nH]cnc1-c1ccccc1)N1CCc2oc(C3CCOC3)nc2C1. The van der Waals surface area contributed by atoms with E-state index in [1.54, 1.807) is 11.2 Å². The first-order valence-corrected chi connectivity index (χ1v) is 9.24. The van der Waals surface area contributed by atoms with E-state index in [4.69, 9.17) is 9.15 Å². The lowest BCUT2D eigenvalue weighted by molar-refractivity contribution is 0.0723. The molecule has 1 aromatic carbocycles. The highest BCUT2D eigenvalue weighted by Crippen LogP contribution is 2.30. The van der Waals surface area contributed by atoms with E-state index >= 15 is 0 Å². The van der Waals surface area contributed by atoms with Crippen LogP contribution in [0.15, 0.2) is 41.1 Å². The maximum absolute atomic E-state index is 13.1. The number of hydrogen-bond acceptors (Lipinski definition) is 5. The molecule has 1 amide bonds. The summed E-state index contributed by atoms with van der Waals surface area (Å²) >= 11 is 0. The average Bonchev–Trinajstić information content (AvgIpc) is 3.47. The summed E-state index contributed by atoms with van der Waals surface area (Å²) in [5, 5.41) is 0. The minimum Gasteiger partial charge on any atom is -0.445 e. The number of rotatable bonds is 3. The van der Waals surface area contributed by atoms with Gasteiger partial charge in [0.25, 0.3) is 5.91 Å². The predicted molar refractivity (Wildman–Crippen MR) is 97.1 cm³/mol. The summed E-state index contributed by atoms with van der Waals surface area (Å²) < 4.78 is 11.4. The molecule has 0 saturated carbocycles. The minimum absolute atomic E-state index is 0.0641. The third kappa shape index (κ3) is 2.94. The first kappa shape index (κ1) is 16.3. The molecule has 27 heavy (non-hydrogen) atoms. The maximum atomic E-state index is 13.1. The Morgan fingerprint density at radius 1 is 1.26 bits per heavy atom. The number of oxazole rings is 1. The molecule has 2 aromatic heterocycles. The van der Waals surface area contributed by atoms with E-state index in [0.717, 1.165) is 35.9 Å². The standard InChI is InChI=1S/C20H20N4O3/c25-20(18-17(21-12-22-18)13-4-2-1-3-5-13)24-8-6-16-15(10-24)23-19(27-16)14-7-9-26-11-14/h1-5,12,14H,6-11H2,(H,21,22). The van der Waals surface area contributed by atoms with Crippen LogP contribution in [-0.2, 0) is 17.7 Å². The summed E-state index contributed by atoms with van der Waals surface area (Å²) in [4.78, 5) is 26.9. The Bertz CT molecular complexity index is 957. The molecule has 2 aliphatic heterocycles. The average molecular weight is 364 g/mol. The van der Waals surface area contributed by atoms with Crippen molar-refractivity contribution in [2.75, 3.05) is 19.8 Å². The zero-order chi connectivity index (χ0) is 18.2. The summed E-state index contributed by atoms with van der Waals surface area (Å²) in [6.45, 7) is 2.48. The van der Waals surface area contributed by atoms with Crippen LogP contribution in [0.4, 0.5) is 0 Å². The van der Waals surface area contributed by atoms with Gasteiger partial charge in [0.05, 0.1) is 25.4 Å². The molecule has 1 N–H and O–H groups in total. The van der Waals surface area contributed by atoms with Crippen LogP contribution in [0.1, 0.15) is 40.2 Å². The Kier molecular flexibility index (Phi) is 4.01. The number of benzene rings is 1. The second kappa shape index (κ2) is 6.66. The van der Waals surface area contributed by atoms with Crippen LogP contribution in [0.25, 0.3) is 11.3 Å². The van der Waals surface area contributed by atoms with Gasteiger partial charge in [-0.15, -0.1) is 0 Å². The van der Waals surface area contributed by atoms with Crippen molar-refractivity contribution in [3.63, 3.8) is 0 Å². The number of amides is 1. The summed E-state index contributed by atoms with van der Waals surface area (Å²) in [7, 11) is 0. The number of nitrogens with one attached hydrogen (secondary N) is 1. The topological polar surface area (TPSA) is 84.2 Å². The first-order chi connectivity index (χ1) is 13.3. The predicted octanol–water partition coefficient (Wildman–Crippen LogP) is 2.77. The van der Waals surface area contributed by atoms with Gasteiger partial charge in [0, 0.05) is 25.1 Å². The molecule has 0 radical (unpaired) electrons. The molecule has 0 aliphatic carbocycles. The Morgan fingerprint density at radius 3 is 2.96 bits per heavy atom. The molecule has 1 atom stereocenters. The van der Waals surface area contributed by atoms with E-state index in [2.05, 4.69) is 15.0 Å². The molecule has 138 valence electrons. The Labute approximate surface area is 156 Å². The van der Waals surface area contributed by atoms with E-state index in [9.17, 15) is 4.79 Å². The van der Waals surface area contributed by atoms with Crippen LogP contribution >= 0.6 is 0 Å². The van der Waals surface area contributed by atoms with Crippen LogP contribution < -0.4 is 0 Å². The van der Waals surface area contributed by atoms with Crippen molar-refractivity contribution in [2.45, 2.75) is 25.3 Å². The number of nitrogens with zero attached hydrogens (tertiary/aromatic N) is 3. The van der Waals surface area contributed by atoms with Crippen molar-refractivity contribution >= 4 is 5.91 Å². The van der Waals surface area contributed by atoms with Crippen molar-refractivity contribution < 1.29 is 13.9 Å². The quantitative estimate of drug-likeness (QED) is 0.772. The fraction of sp³-hybridized carbons (Fsp3) is 0.350. The van der Waals surface area contributed by atoms with Gasteiger partial charge in [-0.2, -0.15) is 0 Å². The highest BCUT2D eigenvalue weighted by atomic mass is 16.5. The summed E-state index contributed by atoms with van der Waals surface area (Å²) in [5.41, 5.74) is 2.97. The Balaban J connectivity index is 1.38. The molecule has 3 aromatic rings. The lowest BCUT2D eigenvalue weighted by Crippen LogP contribution is -2.36. The molecule has 7 heteroatoms. The summed E-state index contributed by atoms with van der Waals surface area (Å²) in [6.07, 6.45) is 3.19. The van der Waals surface area contributed by atoms with Gasteiger partial charge in [0.1, 0.15) is 22.8 Å². The summed E-state index contributed by atoms with van der Waals surface area (Å²) in [5.74, 6) is 1.81. The van der Waals surface area contributed by atoms with Crippen LogP contribution in [0.3, 0.4) is 0 Å². The van der Waals surface area contributed by atoms with Crippen molar-refractivity contribution in [1.29, 1.82) is 0 Å². The fourth-order valence-electron chi connectivity index (χ4n) is 3.73. The van der Waals surface area contributed by atoms with E-state index in [-0.39, 0.29) is 11.8 Å². The van der Waals surface area contributed by atoms with Gasteiger partial charge >= 0.3 is 0 Å². The number of hydrogen-bond donors (Lipinski definition) is 1. The van der Waals surface area contributed by atoms with Gasteiger partial charge in [-0.3, -0.25) is 4.79 Å². The van der Waals surface area contributed by atoms with Crippen LogP contribution in [-0.4, -0.2) is 45.5 Å². The van der Waals surface area contributed by atoms with Crippen molar-refractivity contribution in [2.24, 2.45) is 0 Å². The fourth-order valence-corrected chi connectivity index (χ4v) is 3.73. The van der Waals surface area contributed by atoms with Gasteiger partial charge in [-0.25, -0.2) is 9.97 Å². The van der Waals surface area contributed by atoms with Gasteiger partial charge in [-0.05, 0) is 6.42 Å². The molecule has 1 fully saturated rings. The summed E-state index contributed by atoms with van der Waals surface area (Å²) in [6, 6.07) is 9.73. The smallest absolute Gasteiger partial charge is 0.272 e. The number of ether oxygens (including phenoxy) is 1. The first-order valence-electron chi connectivity index (χ1n) is 9.24. The molecule has 1 saturated heterocycles. The third-order valence-electron chi connectivity index (χ3n) is 5.21. The number of carbonyl (C=O) groups is 1. The Morgan fingerprint density at radius 2 is 2.15 bits per heavy atom. The number of H-pyrrole nitrogens is 1. The number of carbonyl (C=O) groups excluding carboxylic acids is 1. The highest BCUT2D eigenvalue weighted by molar-refractivity contribution is 5.98. The number of aromatic nitrogens is 3. The maximum Gasteiger partial charge on any atom is 0.272 e. The highest BCUT2D eigenvalue weighted by Gasteiger charge is 2.31. The zero-order valence-electron chi connectivity index (χ0n) is 14.9. The van der Waals surface area contributed by atoms with Crippen LogP contribution in [0.2, 0.25) is 0 Å². The van der Waals surface area contributed by atoms with E-state index in [0.29, 0.717) is 37.5 Å². The monoisotopic (exact) mass is 364 g/mol. The van der Waals surface area contributed by atoms with Gasteiger partial charge in [0.2, 0.25) is 0 Å². The molecule has 5 rings (SSSR count). The lowest BCUT2D eigenvalue weighted by atomic mass is 10.1. The van der Waals surface area contributed by atoms with Crippen molar-refractivity contribution in [3.05, 3.63) is 59.7 Å². The molecular weight excluding hydrogens is 344 g/mol. The second-order valence-corrected chi connectivity index (χ2v) is 6.95. The second-order valence-electron chi connectivity index (χ2n) is 6.95. The van der Waals surface area contributed by atoms with E-state index < -0.39 is 0 Å². The lowest BCUT2D eigenvalue weighted by Gasteiger charge is -2.25. The van der Waals surface area contributed by atoms with E-state index in [1.165, 1.54) is 0 Å². The van der Waals surface area contributed by atoms with Crippen molar-refractivity contribution in [3.8, 4) is 11.3 Å². The minimum atomic E-state index is -0.0641. The van der Waals surface area contributed by atoms with Gasteiger partial charge < -0.3 is 19.0 Å². The number of imidazole rings is 1. The van der Waals surface area contributed by atoms with Crippen LogP contribution in [0.5, 0.6) is 0 Å². The Hall–Kier alpha value is -2.93. The number of fused-ring (bicyclic) bond motifs is 1. The molecule has 0 bridgehead atoms. The molecular formula is C20H20N4O3.